The second kappa shape index (κ2) is 27.4. The Morgan fingerprint density at radius 2 is 0.670 bits per heavy atom. The summed E-state index contributed by atoms with van der Waals surface area (Å²) in [6.45, 7) is 8.21. The van der Waals surface area contributed by atoms with Gasteiger partial charge < -0.3 is 9.31 Å². The molecule has 0 unspecified atom stereocenters. The fraction of sp³-hybridized carbons (Fsp3) is 0.0753. The summed E-state index contributed by atoms with van der Waals surface area (Å²) < 4.78 is 12.2. The zero-order chi connectivity index (χ0) is 68.9. The monoisotopic (exact) mass is 1350 g/mol. The van der Waals surface area contributed by atoms with Gasteiger partial charge in [-0.05, 0) is 184 Å². The van der Waals surface area contributed by atoms with Gasteiger partial charge in [-0.2, -0.15) is 0 Å². The predicted octanol–water partition coefficient (Wildman–Crippen LogP) is 23.9. The summed E-state index contributed by atoms with van der Waals surface area (Å²) in [5.74, 6) is 0. The van der Waals surface area contributed by atoms with Crippen LogP contribution in [-0.2, 0) is 9.31 Å². The Labute approximate surface area is 604 Å². The van der Waals surface area contributed by atoms with Crippen molar-refractivity contribution in [3.63, 3.8) is 0 Å². The maximum Gasteiger partial charge on any atom is 0.496 e. The Balaban J connectivity index is 0.000000125. The summed E-state index contributed by atoms with van der Waals surface area (Å²) in [7, 11) is -0.391. The topological polar surface area (TPSA) is 95.8 Å². The van der Waals surface area contributed by atoms with Gasteiger partial charge >= 0.3 is 7.12 Å². The summed E-state index contributed by atoms with van der Waals surface area (Å²) in [4.78, 5) is 28.9. The molecule has 1 aliphatic heterocycles. The number of pyridine rings is 6. The van der Waals surface area contributed by atoms with Gasteiger partial charge in [0.15, 0.2) is 0 Å². The van der Waals surface area contributed by atoms with Crippen LogP contribution in [0.5, 0.6) is 0 Å². The van der Waals surface area contributed by atoms with E-state index in [9.17, 15) is 0 Å². The number of hydrogen-bond donors (Lipinski definition) is 0. The molecule has 0 radical (unpaired) electrons. The Bertz CT molecular complexity index is 6240. The zero-order valence-electron chi connectivity index (χ0n) is 56.6. The molecular weight excluding hydrogens is 1280 g/mol. The third-order valence-electron chi connectivity index (χ3n) is 20.0. The Morgan fingerprint density at radius 3 is 1.14 bits per heavy atom. The molecule has 0 bridgehead atoms. The van der Waals surface area contributed by atoms with Crippen molar-refractivity contribution >= 4 is 111 Å². The second-order valence-electron chi connectivity index (χ2n) is 27.0. The van der Waals surface area contributed by atoms with Gasteiger partial charge in [0, 0.05) is 79.6 Å². The van der Waals surface area contributed by atoms with E-state index in [0.29, 0.717) is 0 Å². The average molecular weight is 1350 g/mol. The van der Waals surface area contributed by atoms with E-state index < -0.39 is 7.12 Å². The van der Waals surface area contributed by atoms with Crippen LogP contribution in [0, 0.1) is 0 Å². The van der Waals surface area contributed by atoms with Gasteiger partial charge in [0.25, 0.3) is 0 Å². The van der Waals surface area contributed by atoms with Crippen molar-refractivity contribution in [1.29, 1.82) is 0 Å². The standard InChI is InChI=1S/C43H27N3.C29H18ClN.C20H21BN2O2.CH4/c1-3-9-31-23-33(16-14-28(31)7-1)34-18-21-41-39(25-34)38(26-42(46-41)35-17-15-29-8-2-4-10-32(29)24-35)36-19-20-40(45-27-36)37-13-5-11-30-12-6-22-44-43(30)37;30-27-18-29(25-12-10-20-6-2-4-8-22(20)16-25)31-28-14-13-24(17-26(27)28)23-11-9-19-5-1-3-7-21(19)15-23;1-19(2)20(3,4)25-21(24-19)15-10-11-17(23-13-15)16-9-5-7-14-8-6-12-22-18(14)16;/h1-27H;1-18H;5-13H,1-4H3;1H4. The number of aromatic nitrogens is 6. The molecule has 18 aromatic rings. The molecule has 10 heteroatoms. The molecule has 494 valence electrons. The molecule has 1 fully saturated rings. The molecule has 0 saturated carbocycles. The van der Waals surface area contributed by atoms with Gasteiger partial charge in [0.05, 0.1) is 61.1 Å². The molecular formula is C93H70BClN6O2. The molecule has 1 aliphatic rings. The van der Waals surface area contributed by atoms with Crippen LogP contribution < -0.4 is 5.46 Å². The molecule has 19 rings (SSSR count). The number of halogens is 1. The van der Waals surface area contributed by atoms with E-state index >= 15 is 0 Å². The highest BCUT2D eigenvalue weighted by molar-refractivity contribution is 6.62. The third kappa shape index (κ3) is 13.0. The van der Waals surface area contributed by atoms with Crippen molar-refractivity contribution in [2.75, 3.05) is 0 Å². The molecule has 0 N–H and O–H groups in total. The molecule has 7 heterocycles. The normalized spacial score (nSPS) is 13.1. The highest BCUT2D eigenvalue weighted by atomic mass is 35.5. The summed E-state index contributed by atoms with van der Waals surface area (Å²) in [6, 6.07) is 106. The molecule has 0 amide bonds. The van der Waals surface area contributed by atoms with Crippen molar-refractivity contribution in [1.82, 2.24) is 29.9 Å². The number of rotatable bonds is 8. The van der Waals surface area contributed by atoms with Gasteiger partial charge in [-0.1, -0.05) is 237 Å². The van der Waals surface area contributed by atoms with Gasteiger partial charge in [-0.15, -0.1) is 0 Å². The van der Waals surface area contributed by atoms with Crippen molar-refractivity contribution in [2.24, 2.45) is 0 Å². The quantitative estimate of drug-likeness (QED) is 0.139. The lowest BCUT2D eigenvalue weighted by molar-refractivity contribution is 0.00578. The average Bonchev–Trinajstić information content (AvgIpc) is 1.52. The highest BCUT2D eigenvalue weighted by Gasteiger charge is 2.51. The summed E-state index contributed by atoms with van der Waals surface area (Å²) in [6.07, 6.45) is 7.47. The lowest BCUT2D eigenvalue weighted by Gasteiger charge is -2.32. The van der Waals surface area contributed by atoms with Gasteiger partial charge in [0.2, 0.25) is 0 Å². The number of para-hydroxylation sites is 2. The predicted molar refractivity (Wildman–Crippen MR) is 432 cm³/mol. The fourth-order valence-corrected chi connectivity index (χ4v) is 14.0. The Kier molecular flexibility index (Phi) is 17.5. The molecule has 0 atom stereocenters. The molecule has 103 heavy (non-hydrogen) atoms. The second-order valence-corrected chi connectivity index (χ2v) is 27.4. The fourth-order valence-electron chi connectivity index (χ4n) is 13.8. The van der Waals surface area contributed by atoms with E-state index in [1.54, 1.807) is 0 Å². The Morgan fingerprint density at radius 1 is 0.291 bits per heavy atom. The van der Waals surface area contributed by atoms with Crippen molar-refractivity contribution in [2.45, 2.75) is 46.3 Å². The van der Waals surface area contributed by atoms with Crippen LogP contribution in [0.4, 0.5) is 0 Å². The van der Waals surface area contributed by atoms with Crippen LogP contribution in [0.3, 0.4) is 0 Å². The molecule has 0 spiro atoms. The van der Waals surface area contributed by atoms with Crippen LogP contribution in [0.15, 0.2) is 328 Å². The largest absolute Gasteiger partial charge is 0.496 e. The van der Waals surface area contributed by atoms with E-state index in [2.05, 4.69) is 304 Å². The first-order valence-electron chi connectivity index (χ1n) is 34.4. The maximum absolute atomic E-state index is 6.74. The maximum atomic E-state index is 6.74. The van der Waals surface area contributed by atoms with Crippen LogP contribution >= 0.6 is 11.6 Å². The van der Waals surface area contributed by atoms with E-state index in [1.807, 2.05) is 67.3 Å². The first-order chi connectivity index (χ1) is 49.9. The van der Waals surface area contributed by atoms with E-state index in [1.165, 1.54) is 54.2 Å². The summed E-state index contributed by atoms with van der Waals surface area (Å²) in [5, 5.41) is 14.8. The SMILES string of the molecule is C.CC1(C)OB(c2ccc(-c3cccc4cccnc34)nc2)OC1(C)C.Clc1cc(-c2ccc3ccccc3c2)nc2ccc(-c3ccc4ccccc4c3)cc12.c1ccc2cc(-c3ccc4nc(-c5ccc6ccccc6c5)cc(-c5ccc(-c6cccc7cccnc67)nc5)c4c3)ccc2c1. The molecule has 0 aliphatic carbocycles. The van der Waals surface area contributed by atoms with E-state index in [4.69, 9.17) is 35.9 Å². The number of fused-ring (bicyclic) bond motifs is 8. The summed E-state index contributed by atoms with van der Waals surface area (Å²) >= 11 is 6.74. The first kappa shape index (κ1) is 65.5. The number of benzene rings is 12. The molecule has 1 saturated heterocycles. The number of nitrogens with zero attached hydrogens (tertiary/aromatic N) is 6. The van der Waals surface area contributed by atoms with Crippen LogP contribution in [0.1, 0.15) is 35.1 Å². The molecule has 12 aromatic carbocycles. The van der Waals surface area contributed by atoms with Crippen molar-refractivity contribution in [3.8, 4) is 78.4 Å². The minimum Gasteiger partial charge on any atom is -0.399 e. The van der Waals surface area contributed by atoms with Gasteiger partial charge in [-0.3, -0.25) is 19.9 Å². The lowest BCUT2D eigenvalue weighted by Crippen LogP contribution is -2.41. The highest BCUT2D eigenvalue weighted by Crippen LogP contribution is 2.40. The molecule has 8 nitrogen and oxygen atoms in total. The Hall–Kier alpha value is -12.1. The minimum absolute atomic E-state index is 0. The lowest BCUT2D eigenvalue weighted by atomic mass is 9.80. The van der Waals surface area contributed by atoms with Crippen LogP contribution in [-0.4, -0.2) is 48.2 Å². The number of hydrogen-bond acceptors (Lipinski definition) is 8. The third-order valence-corrected chi connectivity index (χ3v) is 20.3. The van der Waals surface area contributed by atoms with Crippen LogP contribution in [0.25, 0.3) is 165 Å². The van der Waals surface area contributed by atoms with Gasteiger partial charge in [-0.25, -0.2) is 9.97 Å². The van der Waals surface area contributed by atoms with E-state index in [0.717, 1.165) is 121 Å². The van der Waals surface area contributed by atoms with E-state index in [-0.39, 0.29) is 18.6 Å². The zero-order valence-corrected chi connectivity index (χ0v) is 57.4. The van der Waals surface area contributed by atoms with Crippen molar-refractivity contribution < 1.29 is 9.31 Å². The van der Waals surface area contributed by atoms with Gasteiger partial charge in [0.1, 0.15) is 0 Å². The molecule has 6 aromatic heterocycles. The van der Waals surface area contributed by atoms with Crippen LogP contribution in [0.2, 0.25) is 5.02 Å². The summed E-state index contributed by atoms with van der Waals surface area (Å²) in [5.41, 5.74) is 18.6. The first-order valence-corrected chi connectivity index (χ1v) is 34.7. The smallest absolute Gasteiger partial charge is 0.399 e. The minimum atomic E-state index is -0.391. The van der Waals surface area contributed by atoms with Crippen molar-refractivity contribution in [3.05, 3.63) is 333 Å².